The van der Waals surface area contributed by atoms with Crippen molar-refractivity contribution in [1.82, 2.24) is 15.1 Å². The monoisotopic (exact) mass is 218 g/mol. The Bertz CT molecular complexity index is 485. The van der Waals surface area contributed by atoms with Gasteiger partial charge in [0.2, 0.25) is 0 Å². The second kappa shape index (κ2) is 4.02. The van der Waals surface area contributed by atoms with Crippen LogP contribution in [-0.2, 0) is 0 Å². The lowest BCUT2D eigenvalue weighted by Crippen LogP contribution is -2.10. The molecule has 0 saturated carbocycles. The maximum Gasteiger partial charge on any atom is 0.145 e. The molecule has 1 atom stereocenters. The molecule has 2 rings (SSSR count). The fraction of sp³-hybridized carbons (Fsp3) is 0.364. The second-order valence-corrected chi connectivity index (χ2v) is 3.79. The van der Waals surface area contributed by atoms with Gasteiger partial charge in [-0.2, -0.15) is 0 Å². The average Bonchev–Trinajstić information content (AvgIpc) is 2.59. The number of nitrogens with zero attached hydrogens (tertiary/aromatic N) is 3. The van der Waals surface area contributed by atoms with Crippen LogP contribution < -0.4 is 5.73 Å². The molecule has 16 heavy (non-hydrogen) atoms. The molecular weight excluding hydrogens is 204 g/mol. The number of hydrogen-bond acceptors (Lipinski definition) is 5. The lowest BCUT2D eigenvalue weighted by atomic mass is 10.1. The molecule has 0 aliphatic rings. The van der Waals surface area contributed by atoms with Gasteiger partial charge in [-0.3, -0.25) is 0 Å². The van der Waals surface area contributed by atoms with Gasteiger partial charge in [0.15, 0.2) is 0 Å². The standard InChI is InChI=1S/C11H14N4O/c1-6(12)11-13-5-4-9(14-11)10-7(2)15-16-8(10)3/h4-6H,12H2,1-3H3. The lowest BCUT2D eigenvalue weighted by molar-refractivity contribution is 0.393. The molecule has 0 saturated heterocycles. The van der Waals surface area contributed by atoms with Gasteiger partial charge in [-0.25, -0.2) is 9.97 Å². The first kappa shape index (κ1) is 10.8. The summed E-state index contributed by atoms with van der Waals surface area (Å²) in [4.78, 5) is 8.52. The lowest BCUT2D eigenvalue weighted by Gasteiger charge is -2.05. The van der Waals surface area contributed by atoms with Gasteiger partial charge in [0.25, 0.3) is 0 Å². The number of hydrogen-bond donors (Lipinski definition) is 1. The van der Waals surface area contributed by atoms with E-state index in [0.29, 0.717) is 5.82 Å². The van der Waals surface area contributed by atoms with E-state index in [1.54, 1.807) is 6.20 Å². The van der Waals surface area contributed by atoms with Crippen LogP contribution in [0.3, 0.4) is 0 Å². The van der Waals surface area contributed by atoms with Crippen molar-refractivity contribution < 1.29 is 4.52 Å². The quantitative estimate of drug-likeness (QED) is 0.831. The van der Waals surface area contributed by atoms with Gasteiger partial charge >= 0.3 is 0 Å². The number of aryl methyl sites for hydroxylation is 2. The molecule has 0 fully saturated rings. The molecule has 0 aromatic carbocycles. The fourth-order valence-corrected chi connectivity index (χ4v) is 1.58. The van der Waals surface area contributed by atoms with Gasteiger partial charge in [-0.05, 0) is 26.8 Å². The van der Waals surface area contributed by atoms with Crippen LogP contribution in [0, 0.1) is 13.8 Å². The highest BCUT2D eigenvalue weighted by molar-refractivity contribution is 5.63. The molecule has 0 amide bonds. The predicted molar refractivity (Wildman–Crippen MR) is 59.6 cm³/mol. The molecule has 2 N–H and O–H groups in total. The van der Waals surface area contributed by atoms with Crippen molar-refractivity contribution in [3.05, 3.63) is 29.5 Å². The van der Waals surface area contributed by atoms with Gasteiger partial charge < -0.3 is 10.3 Å². The molecule has 5 heteroatoms. The van der Waals surface area contributed by atoms with Crippen LogP contribution in [0.2, 0.25) is 0 Å². The largest absolute Gasteiger partial charge is 0.361 e. The topological polar surface area (TPSA) is 77.8 Å². The Labute approximate surface area is 93.7 Å². The van der Waals surface area contributed by atoms with E-state index in [1.807, 2.05) is 26.8 Å². The highest BCUT2D eigenvalue weighted by Gasteiger charge is 2.14. The summed E-state index contributed by atoms with van der Waals surface area (Å²) in [6, 6.07) is 1.65. The second-order valence-electron chi connectivity index (χ2n) is 3.79. The normalized spacial score (nSPS) is 12.8. The molecule has 0 spiro atoms. The molecule has 5 nitrogen and oxygen atoms in total. The smallest absolute Gasteiger partial charge is 0.145 e. The van der Waals surface area contributed by atoms with Crippen LogP contribution in [0.15, 0.2) is 16.8 Å². The Kier molecular flexibility index (Phi) is 2.70. The molecule has 1 unspecified atom stereocenters. The van der Waals surface area contributed by atoms with Crippen LogP contribution in [0.5, 0.6) is 0 Å². The van der Waals surface area contributed by atoms with Gasteiger partial charge in [0.05, 0.1) is 23.0 Å². The SMILES string of the molecule is Cc1noc(C)c1-c1ccnc(C(C)N)n1. The van der Waals surface area contributed by atoms with Crippen molar-refractivity contribution in [2.45, 2.75) is 26.8 Å². The molecule has 0 radical (unpaired) electrons. The van der Waals surface area contributed by atoms with Crippen molar-refractivity contribution in [2.75, 3.05) is 0 Å². The highest BCUT2D eigenvalue weighted by atomic mass is 16.5. The van der Waals surface area contributed by atoms with Gasteiger partial charge in [-0.1, -0.05) is 5.16 Å². The van der Waals surface area contributed by atoms with Gasteiger partial charge in [0.1, 0.15) is 11.6 Å². The van der Waals surface area contributed by atoms with Crippen LogP contribution in [0.4, 0.5) is 0 Å². The third kappa shape index (κ3) is 1.81. The van der Waals surface area contributed by atoms with E-state index in [0.717, 1.165) is 22.7 Å². The van der Waals surface area contributed by atoms with Crippen LogP contribution >= 0.6 is 0 Å². The summed E-state index contributed by atoms with van der Waals surface area (Å²) in [7, 11) is 0. The predicted octanol–water partition coefficient (Wildman–Crippen LogP) is 1.77. The van der Waals surface area contributed by atoms with E-state index in [4.69, 9.17) is 10.3 Å². The van der Waals surface area contributed by atoms with Crippen molar-refractivity contribution in [3.8, 4) is 11.3 Å². The summed E-state index contributed by atoms with van der Waals surface area (Å²) in [5.41, 5.74) is 8.30. The third-order valence-electron chi connectivity index (χ3n) is 2.37. The minimum atomic E-state index is -0.180. The first-order chi connectivity index (χ1) is 7.59. The summed E-state index contributed by atoms with van der Waals surface area (Å²) in [6.07, 6.45) is 1.70. The Morgan fingerprint density at radius 3 is 2.69 bits per heavy atom. The Morgan fingerprint density at radius 2 is 2.12 bits per heavy atom. The van der Waals surface area contributed by atoms with Crippen molar-refractivity contribution in [2.24, 2.45) is 5.73 Å². The average molecular weight is 218 g/mol. The van der Waals surface area contributed by atoms with E-state index in [9.17, 15) is 0 Å². The van der Waals surface area contributed by atoms with Crippen LogP contribution in [0.1, 0.15) is 30.2 Å². The van der Waals surface area contributed by atoms with E-state index in [2.05, 4.69) is 15.1 Å². The number of rotatable bonds is 2. The van der Waals surface area contributed by atoms with Crippen molar-refractivity contribution in [3.63, 3.8) is 0 Å². The Morgan fingerprint density at radius 1 is 1.38 bits per heavy atom. The third-order valence-corrected chi connectivity index (χ3v) is 2.37. The highest BCUT2D eigenvalue weighted by Crippen LogP contribution is 2.25. The number of nitrogens with two attached hydrogens (primary N) is 1. The molecule has 2 aromatic rings. The molecule has 2 aromatic heterocycles. The van der Waals surface area contributed by atoms with E-state index < -0.39 is 0 Å². The zero-order chi connectivity index (χ0) is 11.7. The summed E-state index contributed by atoms with van der Waals surface area (Å²) in [5.74, 6) is 1.38. The summed E-state index contributed by atoms with van der Waals surface area (Å²) >= 11 is 0. The molecule has 0 aliphatic heterocycles. The Hall–Kier alpha value is -1.75. The van der Waals surface area contributed by atoms with E-state index in [-0.39, 0.29) is 6.04 Å². The molecule has 2 heterocycles. The fourth-order valence-electron chi connectivity index (χ4n) is 1.58. The zero-order valence-electron chi connectivity index (χ0n) is 9.56. The van der Waals surface area contributed by atoms with E-state index in [1.165, 1.54) is 0 Å². The van der Waals surface area contributed by atoms with Crippen LogP contribution in [-0.4, -0.2) is 15.1 Å². The Balaban J connectivity index is 2.52. The zero-order valence-corrected chi connectivity index (χ0v) is 9.56. The summed E-state index contributed by atoms with van der Waals surface area (Å²) in [5, 5.41) is 3.90. The van der Waals surface area contributed by atoms with Gasteiger partial charge in [-0.15, -0.1) is 0 Å². The minimum Gasteiger partial charge on any atom is -0.361 e. The molecule has 0 aliphatic carbocycles. The number of aromatic nitrogens is 3. The summed E-state index contributed by atoms with van der Waals surface area (Å²) < 4.78 is 5.11. The minimum absolute atomic E-state index is 0.180. The molecular formula is C11H14N4O. The molecule has 84 valence electrons. The first-order valence-electron chi connectivity index (χ1n) is 5.11. The van der Waals surface area contributed by atoms with E-state index >= 15 is 0 Å². The summed E-state index contributed by atoms with van der Waals surface area (Å²) in [6.45, 7) is 5.61. The van der Waals surface area contributed by atoms with Crippen molar-refractivity contribution >= 4 is 0 Å². The first-order valence-corrected chi connectivity index (χ1v) is 5.11. The maximum atomic E-state index is 5.75. The van der Waals surface area contributed by atoms with Gasteiger partial charge in [0, 0.05) is 6.20 Å². The van der Waals surface area contributed by atoms with Crippen molar-refractivity contribution in [1.29, 1.82) is 0 Å². The molecule has 0 bridgehead atoms. The maximum absolute atomic E-state index is 5.75. The van der Waals surface area contributed by atoms with Crippen LogP contribution in [0.25, 0.3) is 11.3 Å².